The van der Waals surface area contributed by atoms with Crippen molar-refractivity contribution in [2.45, 2.75) is 6.42 Å². The number of hydrogen-bond acceptors (Lipinski definition) is 10. The average molecular weight is 455 g/mol. The average Bonchev–Trinajstić information content (AvgIpc) is 3.23. The van der Waals surface area contributed by atoms with Gasteiger partial charge in [0.05, 0.1) is 17.9 Å². The van der Waals surface area contributed by atoms with Gasteiger partial charge in [-0.25, -0.2) is 19.4 Å². The summed E-state index contributed by atoms with van der Waals surface area (Å²) in [7, 11) is 5.79. The molecule has 0 bridgehead atoms. The van der Waals surface area contributed by atoms with E-state index < -0.39 is 29.5 Å². The Morgan fingerprint density at radius 2 is 1.38 bits per heavy atom. The summed E-state index contributed by atoms with van der Waals surface area (Å²) in [6, 6.07) is 0. The molecule has 1 aliphatic rings. The third kappa shape index (κ3) is 5.19. The number of anilines is 2. The van der Waals surface area contributed by atoms with Gasteiger partial charge in [0.15, 0.2) is 0 Å². The number of rotatable bonds is 2. The Bertz CT molecular complexity index is 1260. The zero-order valence-electron chi connectivity index (χ0n) is 17.9. The van der Waals surface area contributed by atoms with Crippen LogP contribution in [0.4, 0.5) is 17.3 Å². The highest BCUT2D eigenvalue weighted by atomic mass is 16.4. The highest BCUT2D eigenvalue weighted by Gasteiger charge is 2.22. The topological polar surface area (TPSA) is 230 Å². The lowest BCUT2D eigenvalue weighted by atomic mass is 10.2. The summed E-state index contributed by atoms with van der Waals surface area (Å²) in [6.45, 7) is -0.966. The maximum atomic E-state index is 11.7. The van der Waals surface area contributed by atoms with Crippen molar-refractivity contribution in [2.24, 2.45) is 33.2 Å². The van der Waals surface area contributed by atoms with Crippen molar-refractivity contribution < 1.29 is 20.1 Å². The van der Waals surface area contributed by atoms with E-state index in [1.807, 2.05) is 0 Å². The van der Waals surface area contributed by atoms with E-state index in [0.29, 0.717) is 23.5 Å². The van der Waals surface area contributed by atoms with Crippen LogP contribution >= 0.6 is 0 Å². The number of aliphatic imine (C=N–C) groups is 1. The molecule has 0 fully saturated rings. The molecule has 3 heterocycles. The third-order valence-electron chi connectivity index (χ3n) is 4.43. The lowest BCUT2D eigenvalue weighted by Crippen LogP contribution is -2.39. The van der Waals surface area contributed by atoms with Crippen molar-refractivity contribution in [3.05, 3.63) is 47.2 Å². The van der Waals surface area contributed by atoms with E-state index in [0.717, 1.165) is 13.7 Å². The quantitative estimate of drug-likeness (QED) is 0.295. The Labute approximate surface area is 179 Å². The molecule has 3 rings (SSSR count). The van der Waals surface area contributed by atoms with Crippen LogP contribution < -0.4 is 34.0 Å². The number of carbonyl (C=O) groups is 1. The maximum Gasteiger partial charge on any atom is 0.332 e. The Morgan fingerprint density at radius 3 is 1.84 bits per heavy atom. The predicted octanol–water partition coefficient (Wildman–Crippen LogP) is -3.98. The fraction of sp³-hybridized carbons (Fsp3) is 0.412. The van der Waals surface area contributed by atoms with Crippen molar-refractivity contribution in [1.29, 1.82) is 0 Å². The zero-order chi connectivity index (χ0) is 24.9. The highest BCUT2D eigenvalue weighted by Crippen LogP contribution is 2.20. The minimum atomic E-state index is -1.19. The molecule has 0 radical (unpaired) electrons. The Kier molecular flexibility index (Phi) is 8.44. The van der Waals surface area contributed by atoms with E-state index in [1.54, 1.807) is 7.05 Å². The zero-order valence-corrected chi connectivity index (χ0v) is 17.9. The molecule has 1 aliphatic heterocycles. The predicted molar refractivity (Wildman–Crippen MR) is 115 cm³/mol. The molecule has 0 spiro atoms. The monoisotopic (exact) mass is 455 g/mol. The Hall–Kier alpha value is -3.98. The summed E-state index contributed by atoms with van der Waals surface area (Å²) in [5.41, 5.74) is 9.83. The maximum absolute atomic E-state index is 11.7. The molecule has 32 heavy (non-hydrogen) atoms. The van der Waals surface area contributed by atoms with Crippen LogP contribution in [-0.4, -0.2) is 58.5 Å². The normalized spacial score (nSPS) is 11.5. The molecule has 0 amide bonds. The van der Waals surface area contributed by atoms with Gasteiger partial charge < -0.3 is 26.8 Å². The van der Waals surface area contributed by atoms with Gasteiger partial charge in [-0.15, -0.1) is 0 Å². The summed E-state index contributed by atoms with van der Waals surface area (Å²) < 4.78 is 4.40. The number of carboxylic acid groups (broad SMARTS) is 1. The lowest BCUT2D eigenvalue weighted by molar-refractivity contribution is -0.140. The highest BCUT2D eigenvalue weighted by molar-refractivity contribution is 5.93. The van der Waals surface area contributed by atoms with Gasteiger partial charge in [-0.05, 0) is 0 Å². The first kappa shape index (κ1) is 26.1. The summed E-state index contributed by atoms with van der Waals surface area (Å²) in [5.74, 6) is -0.819. The van der Waals surface area contributed by atoms with Crippen molar-refractivity contribution in [2.75, 3.05) is 24.7 Å². The molecule has 0 unspecified atom stereocenters. The summed E-state index contributed by atoms with van der Waals surface area (Å²) in [4.78, 5) is 58.7. The molecule has 15 nitrogen and oxygen atoms in total. The fourth-order valence-electron chi connectivity index (χ4n) is 2.57. The van der Waals surface area contributed by atoms with Crippen LogP contribution in [0.15, 0.2) is 24.2 Å². The van der Waals surface area contributed by atoms with Gasteiger partial charge in [0, 0.05) is 34.6 Å². The molecule has 0 saturated heterocycles. The standard InChI is InChI=1S/C9H11N3O3.C6H10N4O2.C2H4O3/c1-11-7-6(3-5(4-13)10-7)8(14)12(2)9(11)15;1-9-4(8)3(7)5(11)10(2)6(9)12;3-1-2(4)5/h13H,3-4H2,1-2H3;7-8H2,1-2H3;3H,1H2,(H,4,5). The second kappa shape index (κ2) is 10.4. The van der Waals surface area contributed by atoms with Crippen molar-refractivity contribution in [1.82, 2.24) is 18.3 Å². The number of fused-ring (bicyclic) bond motifs is 1. The van der Waals surface area contributed by atoms with Crippen molar-refractivity contribution in [3.63, 3.8) is 0 Å². The largest absolute Gasteiger partial charge is 0.480 e. The summed E-state index contributed by atoms with van der Waals surface area (Å²) in [5, 5.41) is 23.9. The molecule has 0 aromatic carbocycles. The molecule has 0 aliphatic carbocycles. The minimum absolute atomic E-state index is 0.00287. The van der Waals surface area contributed by atoms with Crippen LogP contribution in [-0.2, 0) is 39.4 Å². The molecular formula is C17H25N7O8. The van der Waals surface area contributed by atoms with Gasteiger partial charge in [-0.3, -0.25) is 27.9 Å². The smallest absolute Gasteiger partial charge is 0.332 e. The van der Waals surface area contributed by atoms with Gasteiger partial charge in [0.1, 0.15) is 23.9 Å². The molecule has 7 N–H and O–H groups in total. The van der Waals surface area contributed by atoms with Gasteiger partial charge >= 0.3 is 17.3 Å². The van der Waals surface area contributed by atoms with E-state index in [9.17, 15) is 19.2 Å². The number of nitrogens with two attached hydrogens (primary N) is 2. The second-order valence-electron chi connectivity index (χ2n) is 6.58. The molecule has 0 atom stereocenters. The van der Waals surface area contributed by atoms with E-state index in [-0.39, 0.29) is 23.7 Å². The second-order valence-corrected chi connectivity index (χ2v) is 6.58. The first-order valence-corrected chi connectivity index (χ1v) is 8.89. The lowest BCUT2D eigenvalue weighted by Gasteiger charge is -2.07. The summed E-state index contributed by atoms with van der Waals surface area (Å²) >= 11 is 0. The van der Waals surface area contributed by atoms with Crippen LogP contribution in [0.25, 0.3) is 0 Å². The molecule has 2 aromatic rings. The first-order chi connectivity index (χ1) is 14.8. The number of nitrogen functional groups attached to an aromatic ring is 2. The number of hydrogen-bond donors (Lipinski definition) is 5. The van der Waals surface area contributed by atoms with Crippen molar-refractivity contribution >= 4 is 29.0 Å². The number of nitrogens with zero attached hydrogens (tertiary/aromatic N) is 5. The van der Waals surface area contributed by atoms with Crippen LogP contribution in [0, 0.1) is 0 Å². The number of aliphatic hydroxyl groups is 2. The van der Waals surface area contributed by atoms with Gasteiger partial charge in [0.25, 0.3) is 11.1 Å². The third-order valence-corrected chi connectivity index (χ3v) is 4.43. The van der Waals surface area contributed by atoms with Crippen LogP contribution in [0.3, 0.4) is 0 Å². The van der Waals surface area contributed by atoms with Gasteiger partial charge in [0.2, 0.25) is 0 Å². The number of carboxylic acids is 1. The van der Waals surface area contributed by atoms with E-state index in [2.05, 4.69) is 4.99 Å². The molecule has 2 aromatic heterocycles. The number of aliphatic hydroxyl groups excluding tert-OH is 2. The fourth-order valence-corrected chi connectivity index (χ4v) is 2.57. The van der Waals surface area contributed by atoms with E-state index >= 15 is 0 Å². The molecular weight excluding hydrogens is 430 g/mol. The van der Waals surface area contributed by atoms with E-state index in [1.165, 1.54) is 25.7 Å². The first-order valence-electron chi connectivity index (χ1n) is 8.89. The van der Waals surface area contributed by atoms with Crippen LogP contribution in [0.5, 0.6) is 0 Å². The van der Waals surface area contributed by atoms with Gasteiger partial charge in [-0.2, -0.15) is 0 Å². The van der Waals surface area contributed by atoms with Gasteiger partial charge in [-0.1, -0.05) is 0 Å². The molecule has 0 saturated carbocycles. The Morgan fingerprint density at radius 1 is 0.906 bits per heavy atom. The minimum Gasteiger partial charge on any atom is -0.480 e. The molecule has 176 valence electrons. The van der Waals surface area contributed by atoms with Crippen LogP contribution in [0.1, 0.15) is 5.56 Å². The summed E-state index contributed by atoms with van der Waals surface area (Å²) in [6.07, 6.45) is 0.326. The van der Waals surface area contributed by atoms with Crippen LogP contribution in [0.2, 0.25) is 0 Å². The number of aliphatic carboxylic acids is 1. The van der Waals surface area contributed by atoms with E-state index in [4.69, 9.17) is 31.6 Å². The molecule has 15 heteroatoms. The number of aromatic nitrogens is 4. The Balaban J connectivity index is 0.000000270. The van der Waals surface area contributed by atoms with Crippen molar-refractivity contribution in [3.8, 4) is 0 Å². The SMILES string of the molecule is Cn1c(N)c(N)c(=O)n(C)c1=O.Cn1c2c(c(=O)n(C)c1=O)CC(CO)=N2.O=C(O)CO.